The van der Waals surface area contributed by atoms with E-state index in [4.69, 9.17) is 52.1 Å². The van der Waals surface area contributed by atoms with Crippen molar-refractivity contribution in [3.05, 3.63) is 147 Å². The number of halogens is 1. The Balaban J connectivity index is 0.000000166. The standard InChI is InChI=1S/C22H21N3O5.C20H18N4O5.C17H13N3O3.C5H9BrO2.H3NO/c1-3-28-21(26)7-9-30-20-12-17-16(11-19(20)27-2)22(24-13-23-17)25-15-4-5-18-14(10-15)6-8-29-18;1-27-17-9-14-15(10-18(17)29-7-5-19(25)24-26)21-11-22-20(14)23-13-2-3-16-12(8-13)4-6-28-16;1-22-16-7-12-13(8-14(16)21)18-9-19-17(12)20-11-2-3-15-10(6-11)4-5-23-15;1-2-8-5(7)3-4-6;1-2/h4-6,8,10-13H,3,7,9H2,1-2H3,(H,23,24,25);2-4,6,8-11,26H,5,7H2,1H3,(H,24,25)(H,21,22,23);2-9,21H,1H3,(H,18,19,20);2-4H2,1H3;2H,1H2. The number of nitrogens with one attached hydrogen (secondary N) is 4. The van der Waals surface area contributed by atoms with Crippen LogP contribution >= 0.6 is 15.9 Å². The molecule has 478 valence electrons. The van der Waals surface area contributed by atoms with Crippen molar-refractivity contribution in [1.82, 2.24) is 35.4 Å². The molecule has 28 heteroatoms. The van der Waals surface area contributed by atoms with E-state index < -0.39 is 5.91 Å². The first-order valence-corrected chi connectivity index (χ1v) is 29.2. The fourth-order valence-electron chi connectivity index (χ4n) is 8.85. The maximum atomic E-state index is 11.5. The molecule has 0 fully saturated rings. The van der Waals surface area contributed by atoms with Crippen LogP contribution in [0.3, 0.4) is 0 Å². The molecule has 0 saturated carbocycles. The summed E-state index contributed by atoms with van der Waals surface area (Å²) in [6.45, 7) is 4.65. The van der Waals surface area contributed by atoms with Gasteiger partial charge in [0.05, 0.1) is 102 Å². The second-order valence-electron chi connectivity index (χ2n) is 18.9. The number of anilines is 6. The number of nitrogens with two attached hydrogens (primary N) is 1. The van der Waals surface area contributed by atoms with Gasteiger partial charge < -0.3 is 72.7 Å². The van der Waals surface area contributed by atoms with Crippen molar-refractivity contribution in [3.8, 4) is 34.5 Å². The van der Waals surface area contributed by atoms with Crippen molar-refractivity contribution < 1.29 is 76.3 Å². The lowest BCUT2D eigenvalue weighted by atomic mass is 10.2. The van der Waals surface area contributed by atoms with Gasteiger partial charge in [-0.15, -0.1) is 0 Å². The van der Waals surface area contributed by atoms with Crippen molar-refractivity contribution in [2.24, 2.45) is 5.90 Å². The first kappa shape index (κ1) is 66.9. The molecular weight excluding hydrogens is 1260 g/mol. The number of benzene rings is 6. The van der Waals surface area contributed by atoms with Crippen molar-refractivity contribution >= 4 is 134 Å². The van der Waals surface area contributed by atoms with Crippen molar-refractivity contribution in [3.63, 3.8) is 0 Å². The zero-order valence-electron chi connectivity index (χ0n) is 50.3. The number of esters is 2. The summed E-state index contributed by atoms with van der Waals surface area (Å²) in [5, 5.41) is 40.8. The minimum Gasteiger partial charge on any atom is -0.504 e. The van der Waals surface area contributed by atoms with Crippen LogP contribution < -0.4 is 51.0 Å². The molecule has 27 nitrogen and oxygen atoms in total. The number of aromatic nitrogens is 6. The van der Waals surface area contributed by atoms with E-state index in [9.17, 15) is 19.5 Å². The summed E-state index contributed by atoms with van der Waals surface area (Å²) in [7, 11) is 4.59. The second kappa shape index (κ2) is 33.5. The molecule has 6 aromatic carbocycles. The zero-order chi connectivity index (χ0) is 65.4. The molecule has 0 unspecified atom stereocenters. The van der Waals surface area contributed by atoms with Gasteiger partial charge in [-0.05, 0) is 105 Å². The topological polar surface area (TPSA) is 367 Å². The highest BCUT2D eigenvalue weighted by atomic mass is 79.9. The number of alkyl halides is 1. The smallest absolute Gasteiger partial charge is 0.309 e. The molecule has 0 bridgehead atoms. The van der Waals surface area contributed by atoms with Gasteiger partial charge in [-0.1, -0.05) is 15.9 Å². The Kier molecular flexibility index (Phi) is 24.3. The third-order valence-corrected chi connectivity index (χ3v) is 13.5. The van der Waals surface area contributed by atoms with Gasteiger partial charge in [0, 0.05) is 72.9 Å². The molecular formula is C64H64BrN11O16. The minimum atomic E-state index is -0.534. The quantitative estimate of drug-likeness (QED) is 0.0143. The summed E-state index contributed by atoms with van der Waals surface area (Å²) in [6, 6.07) is 33.4. The third kappa shape index (κ3) is 17.6. The predicted octanol–water partition coefficient (Wildman–Crippen LogP) is 12.4. The summed E-state index contributed by atoms with van der Waals surface area (Å²) in [5.41, 5.74) is 8.59. The Morgan fingerprint density at radius 2 is 0.870 bits per heavy atom. The summed E-state index contributed by atoms with van der Waals surface area (Å²) < 4.78 is 53.0. The van der Waals surface area contributed by atoms with Gasteiger partial charge in [-0.25, -0.2) is 41.3 Å². The van der Waals surface area contributed by atoms with Crippen LogP contribution in [0, 0.1) is 0 Å². The summed E-state index contributed by atoms with van der Waals surface area (Å²) in [6.07, 6.45) is 9.97. The number of phenolic OH excluding ortho intramolecular Hbond substituents is 1. The van der Waals surface area contributed by atoms with Crippen LogP contribution in [0.25, 0.3) is 65.6 Å². The van der Waals surface area contributed by atoms with Crippen LogP contribution in [-0.4, -0.2) is 116 Å². The van der Waals surface area contributed by atoms with Crippen LogP contribution in [-0.2, 0) is 23.9 Å². The lowest BCUT2D eigenvalue weighted by Crippen LogP contribution is -2.20. The zero-order valence-corrected chi connectivity index (χ0v) is 51.9. The van der Waals surface area contributed by atoms with E-state index in [0.717, 1.165) is 66.1 Å². The molecule has 12 aromatic rings. The lowest BCUT2D eigenvalue weighted by Gasteiger charge is -2.13. The van der Waals surface area contributed by atoms with Gasteiger partial charge in [0.25, 0.3) is 0 Å². The Labute approximate surface area is 532 Å². The molecule has 12 rings (SSSR count). The number of hydrogen-bond donors (Lipinski definition) is 8. The molecule has 0 aliphatic rings. The average Bonchev–Trinajstić information content (AvgIpc) is 1.45. The summed E-state index contributed by atoms with van der Waals surface area (Å²) >= 11 is 3.12. The number of phenols is 1. The number of hydroxylamine groups is 1. The second-order valence-corrected chi connectivity index (χ2v) is 19.7. The van der Waals surface area contributed by atoms with Crippen molar-refractivity contribution in [1.29, 1.82) is 0 Å². The highest BCUT2D eigenvalue weighted by Crippen LogP contribution is 2.38. The number of nitrogens with zero attached hydrogens (tertiary/aromatic N) is 6. The van der Waals surface area contributed by atoms with Crippen LogP contribution in [0.4, 0.5) is 34.5 Å². The van der Waals surface area contributed by atoms with E-state index in [-0.39, 0.29) is 43.7 Å². The van der Waals surface area contributed by atoms with Gasteiger partial charge in [0.2, 0.25) is 5.91 Å². The fourth-order valence-corrected chi connectivity index (χ4v) is 9.17. The molecule has 0 saturated heterocycles. The molecule has 0 aliphatic carbocycles. The summed E-state index contributed by atoms with van der Waals surface area (Å²) in [4.78, 5) is 58.9. The van der Waals surface area contributed by atoms with Crippen LogP contribution in [0.2, 0.25) is 0 Å². The number of methoxy groups -OCH3 is 3. The van der Waals surface area contributed by atoms with E-state index in [1.807, 2.05) is 78.9 Å². The van der Waals surface area contributed by atoms with E-state index in [0.29, 0.717) is 87.7 Å². The molecule has 92 heavy (non-hydrogen) atoms. The third-order valence-electron chi connectivity index (χ3n) is 13.1. The van der Waals surface area contributed by atoms with E-state index in [1.54, 1.807) is 75.6 Å². The number of rotatable bonds is 21. The number of carbonyl (C=O) groups excluding carboxylic acids is 3. The molecule has 9 N–H and O–H groups in total. The highest BCUT2D eigenvalue weighted by molar-refractivity contribution is 9.09. The molecule has 6 aromatic heterocycles. The van der Waals surface area contributed by atoms with E-state index >= 15 is 0 Å². The molecule has 1 amide bonds. The number of hydrogen-bond acceptors (Lipinski definition) is 26. The maximum absolute atomic E-state index is 11.5. The number of furan rings is 3. The number of aromatic hydroxyl groups is 1. The van der Waals surface area contributed by atoms with Crippen LogP contribution in [0.15, 0.2) is 160 Å². The van der Waals surface area contributed by atoms with E-state index in [2.05, 4.69) is 72.4 Å². The Morgan fingerprint density at radius 3 is 1.25 bits per heavy atom. The number of amides is 1. The molecule has 0 aliphatic heterocycles. The van der Waals surface area contributed by atoms with Gasteiger partial charge in [0.15, 0.2) is 34.5 Å². The largest absolute Gasteiger partial charge is 0.504 e. The number of ether oxygens (including phenoxy) is 7. The first-order chi connectivity index (χ1) is 44.9. The SMILES string of the molecule is CCOC(=O)CCBr.CCOC(=O)CCOc1cc2ncnc(Nc3ccc4occc4c3)c2cc1OC.COc1cc2c(Nc3ccc4occc4c3)ncnc2cc1O.COc1cc2c(Nc3ccc4occc4c3)ncnc2cc1OCCC(=O)NO.NO. The van der Waals surface area contributed by atoms with Crippen molar-refractivity contribution in [2.75, 3.05) is 69.0 Å². The van der Waals surface area contributed by atoms with Gasteiger partial charge >= 0.3 is 11.9 Å². The molecule has 0 radical (unpaired) electrons. The van der Waals surface area contributed by atoms with Gasteiger partial charge in [-0.3, -0.25) is 19.6 Å². The van der Waals surface area contributed by atoms with Gasteiger partial charge in [-0.2, -0.15) is 0 Å². The maximum Gasteiger partial charge on any atom is 0.309 e. The minimum absolute atomic E-state index is 0.00472. The highest BCUT2D eigenvalue weighted by Gasteiger charge is 2.17. The number of fused-ring (bicyclic) bond motifs is 6. The predicted molar refractivity (Wildman–Crippen MR) is 346 cm³/mol. The first-order valence-electron chi connectivity index (χ1n) is 28.1. The Bertz CT molecular complexity index is 4420. The van der Waals surface area contributed by atoms with E-state index in [1.165, 1.54) is 33.2 Å². The average molecular weight is 1320 g/mol. The monoisotopic (exact) mass is 1320 g/mol. The van der Waals surface area contributed by atoms with Gasteiger partial charge in [0.1, 0.15) is 53.2 Å². The van der Waals surface area contributed by atoms with Crippen LogP contribution in [0.1, 0.15) is 33.1 Å². The van der Waals surface area contributed by atoms with Crippen LogP contribution in [0.5, 0.6) is 34.5 Å². The molecule has 0 spiro atoms. The molecule has 0 atom stereocenters. The van der Waals surface area contributed by atoms with Crippen molar-refractivity contribution in [2.45, 2.75) is 33.1 Å². The Morgan fingerprint density at radius 1 is 0.489 bits per heavy atom. The molecule has 6 heterocycles. The lowest BCUT2D eigenvalue weighted by molar-refractivity contribution is -0.144. The normalized spacial score (nSPS) is 10.5. The Hall–Kier alpha value is -11.1. The fraction of sp³-hybridized carbons (Fsp3) is 0.203. The summed E-state index contributed by atoms with van der Waals surface area (Å²) in [5.74, 6) is 6.77. The number of carbonyl (C=O) groups is 3.